The third-order valence-corrected chi connectivity index (χ3v) is 3.96. The molecule has 0 heterocycles. The van der Waals surface area contributed by atoms with Crippen molar-refractivity contribution in [2.75, 3.05) is 0 Å². The predicted octanol–water partition coefficient (Wildman–Crippen LogP) is 6.54. The summed E-state index contributed by atoms with van der Waals surface area (Å²) in [5, 5.41) is 0. The maximum absolute atomic E-state index is 5.57. The molecule has 10 heteroatoms. The number of halogens is 6. The Balaban J connectivity index is 4.45. The lowest BCUT2D eigenvalue weighted by Crippen LogP contribution is -2.08. The first-order valence-corrected chi connectivity index (χ1v) is 9.66. The summed E-state index contributed by atoms with van der Waals surface area (Å²) in [6.07, 6.45) is 0.455. The van der Waals surface area contributed by atoms with Crippen molar-refractivity contribution in [2.45, 2.75) is 45.1 Å². The van der Waals surface area contributed by atoms with Crippen LogP contribution < -0.4 is 0 Å². The van der Waals surface area contributed by atoms with Crippen LogP contribution >= 0.6 is 93.7 Å². The fourth-order valence-corrected chi connectivity index (χ4v) is 2.32. The average Bonchev–Trinajstić information content (AvgIpc) is 2.39. The van der Waals surface area contributed by atoms with E-state index in [1.54, 1.807) is 0 Å². The van der Waals surface area contributed by atoms with Crippen molar-refractivity contribution in [1.29, 1.82) is 0 Å². The molecule has 0 aromatic carbocycles. The third-order valence-electron chi connectivity index (χ3n) is 1.79. The Morgan fingerprint density at radius 3 is 1.32 bits per heavy atom. The van der Waals surface area contributed by atoms with E-state index in [0.717, 1.165) is 24.1 Å². The van der Waals surface area contributed by atoms with E-state index in [1.807, 2.05) is 13.8 Å². The first-order valence-electron chi connectivity index (χ1n) is 5.90. The molecule has 2 atom stereocenters. The zero-order chi connectivity index (χ0) is 17.2. The van der Waals surface area contributed by atoms with Gasteiger partial charge in [0.05, 0.1) is 0 Å². The van der Waals surface area contributed by atoms with Crippen LogP contribution in [-0.2, 0) is 8.37 Å². The van der Waals surface area contributed by atoms with Gasteiger partial charge in [-0.3, -0.25) is 8.37 Å². The van der Waals surface area contributed by atoms with Crippen LogP contribution in [0.3, 0.4) is 0 Å². The Hall–Kier alpha value is 1.48. The quantitative estimate of drug-likeness (QED) is 0.252. The molecular weight excluding hydrogens is 453 g/mol. The molecule has 0 aromatic rings. The maximum atomic E-state index is 5.57. The van der Waals surface area contributed by atoms with Gasteiger partial charge in [0.1, 0.15) is 12.2 Å². The molecule has 0 amide bonds. The Morgan fingerprint density at radius 1 is 0.773 bits per heavy atom. The molecule has 126 valence electrons. The lowest BCUT2D eigenvalue weighted by atomic mass is 10.2. The molecule has 0 N–H and O–H groups in total. The molecule has 2 unspecified atom stereocenters. The maximum Gasteiger partial charge on any atom is 0.262 e. The van der Waals surface area contributed by atoms with Crippen LogP contribution in [0.2, 0.25) is 0 Å². The Bertz CT molecular complexity index is 399. The van der Waals surface area contributed by atoms with Gasteiger partial charge >= 0.3 is 0 Å². The summed E-state index contributed by atoms with van der Waals surface area (Å²) in [6, 6.07) is 0. The Morgan fingerprint density at radius 2 is 1.09 bits per heavy atom. The number of alkyl halides is 6. The average molecular weight is 465 g/mol. The minimum Gasteiger partial charge on any atom is -0.295 e. The van der Waals surface area contributed by atoms with Crippen LogP contribution in [-0.4, -0.2) is 18.5 Å². The highest BCUT2D eigenvalue weighted by molar-refractivity contribution is 8.00. The first-order chi connectivity index (χ1) is 10.1. The van der Waals surface area contributed by atoms with Crippen LogP contribution in [0.1, 0.15) is 26.7 Å². The van der Waals surface area contributed by atoms with Gasteiger partial charge in [-0.25, -0.2) is 0 Å². The molecule has 0 rings (SSSR count). The van der Waals surface area contributed by atoms with Crippen molar-refractivity contribution in [3.05, 3.63) is 0 Å². The number of rotatable bonds is 6. The molecule has 0 spiro atoms. The highest BCUT2D eigenvalue weighted by atomic mass is 35.6. The second kappa shape index (κ2) is 11.9. The standard InChI is InChI=1S/C12H12Cl6O2S2/c1-3-9(19-21-11(13,14)15)7-5-6-8-10(4-2)20-22-12(16,17)18/h9-10H,3-4H2,1-2H3. The van der Waals surface area contributed by atoms with Crippen molar-refractivity contribution in [2.24, 2.45) is 0 Å². The first kappa shape index (κ1) is 23.5. The zero-order valence-electron chi connectivity index (χ0n) is 11.5. The van der Waals surface area contributed by atoms with Crippen LogP contribution in [0.4, 0.5) is 0 Å². The summed E-state index contributed by atoms with van der Waals surface area (Å²) >= 11 is 34.9. The fourth-order valence-electron chi connectivity index (χ4n) is 0.847. The Kier molecular flexibility index (Phi) is 12.7. The fraction of sp³-hybridized carbons (Fsp3) is 0.667. The Labute approximate surface area is 169 Å². The summed E-state index contributed by atoms with van der Waals surface area (Å²) in [5.41, 5.74) is 0. The molecular formula is C12H12Cl6O2S2. The monoisotopic (exact) mass is 462 g/mol. The molecule has 2 nitrogen and oxygen atoms in total. The van der Waals surface area contributed by atoms with Gasteiger partial charge in [0, 0.05) is 24.1 Å². The molecule has 0 aliphatic rings. The number of hydrogen-bond donors (Lipinski definition) is 0. The van der Waals surface area contributed by atoms with Gasteiger partial charge in [-0.15, -0.1) is 0 Å². The highest BCUT2D eigenvalue weighted by Crippen LogP contribution is 2.40. The van der Waals surface area contributed by atoms with Crippen LogP contribution in [0.5, 0.6) is 0 Å². The molecule has 0 saturated carbocycles. The van der Waals surface area contributed by atoms with Crippen LogP contribution in [0, 0.1) is 23.7 Å². The van der Waals surface area contributed by atoms with E-state index < -0.39 is 18.5 Å². The SMILES string of the molecule is CCC(C#CC#CC(CC)OSC(Cl)(Cl)Cl)OSC(Cl)(Cl)Cl. The lowest BCUT2D eigenvalue weighted by Gasteiger charge is -2.13. The van der Waals surface area contributed by atoms with E-state index >= 15 is 0 Å². The molecule has 22 heavy (non-hydrogen) atoms. The van der Waals surface area contributed by atoms with E-state index in [2.05, 4.69) is 23.7 Å². The van der Waals surface area contributed by atoms with Gasteiger partial charge < -0.3 is 0 Å². The van der Waals surface area contributed by atoms with Crippen LogP contribution in [0.25, 0.3) is 0 Å². The molecule has 0 aliphatic heterocycles. The third kappa shape index (κ3) is 15.0. The number of hydrogen-bond acceptors (Lipinski definition) is 4. The second-order valence-electron chi connectivity index (χ2n) is 3.58. The molecule has 0 fully saturated rings. The van der Waals surface area contributed by atoms with E-state index in [4.69, 9.17) is 78.0 Å². The van der Waals surface area contributed by atoms with Crippen molar-refractivity contribution >= 4 is 93.7 Å². The molecule has 0 saturated heterocycles. The molecule has 0 bridgehead atoms. The van der Waals surface area contributed by atoms with Crippen molar-refractivity contribution < 1.29 is 8.37 Å². The summed E-state index contributed by atoms with van der Waals surface area (Å²) in [7, 11) is 0. The minimum atomic E-state index is -1.55. The van der Waals surface area contributed by atoms with E-state index in [9.17, 15) is 0 Å². The van der Waals surface area contributed by atoms with Crippen molar-refractivity contribution in [1.82, 2.24) is 0 Å². The van der Waals surface area contributed by atoms with Gasteiger partial charge in [-0.2, -0.15) is 0 Å². The van der Waals surface area contributed by atoms with Crippen LogP contribution in [0.15, 0.2) is 0 Å². The minimum absolute atomic E-state index is 0.397. The summed E-state index contributed by atoms with van der Waals surface area (Å²) in [4.78, 5) is 0. The largest absolute Gasteiger partial charge is 0.295 e. The predicted molar refractivity (Wildman–Crippen MR) is 102 cm³/mol. The zero-order valence-corrected chi connectivity index (χ0v) is 17.6. The summed E-state index contributed by atoms with van der Waals surface area (Å²) in [6.45, 7) is 3.78. The van der Waals surface area contributed by atoms with Gasteiger partial charge in [0.15, 0.2) is 0 Å². The van der Waals surface area contributed by atoms with Gasteiger partial charge in [0.2, 0.25) is 0 Å². The molecule has 0 radical (unpaired) electrons. The molecule has 0 aromatic heterocycles. The topological polar surface area (TPSA) is 18.5 Å². The lowest BCUT2D eigenvalue weighted by molar-refractivity contribution is 0.301. The van der Waals surface area contributed by atoms with Crippen molar-refractivity contribution in [3.8, 4) is 23.7 Å². The van der Waals surface area contributed by atoms with Crippen molar-refractivity contribution in [3.63, 3.8) is 0 Å². The second-order valence-corrected chi connectivity index (χ2v) is 11.4. The van der Waals surface area contributed by atoms with E-state index in [-0.39, 0.29) is 0 Å². The summed E-state index contributed by atoms with van der Waals surface area (Å²) < 4.78 is 7.46. The van der Waals surface area contributed by atoms with E-state index in [1.165, 1.54) is 0 Å². The smallest absolute Gasteiger partial charge is 0.262 e. The van der Waals surface area contributed by atoms with E-state index in [0.29, 0.717) is 12.8 Å². The molecule has 0 aliphatic carbocycles. The van der Waals surface area contributed by atoms with Gasteiger partial charge in [-0.05, 0) is 24.7 Å². The van der Waals surface area contributed by atoms with Gasteiger partial charge in [-0.1, -0.05) is 95.3 Å². The summed E-state index contributed by atoms with van der Waals surface area (Å²) in [5.74, 6) is 11.0. The van der Waals surface area contributed by atoms with Gasteiger partial charge in [0.25, 0.3) is 6.25 Å². The normalized spacial score (nSPS) is 14.4. The highest BCUT2D eigenvalue weighted by Gasteiger charge is 2.24.